The third-order valence-corrected chi connectivity index (χ3v) is 5.57. The summed E-state index contributed by atoms with van der Waals surface area (Å²) in [6, 6.07) is 3.08. The molecular weight excluding hydrogens is 427 g/mol. The molecule has 26 heavy (non-hydrogen) atoms. The van der Waals surface area contributed by atoms with Gasteiger partial charge in [0.1, 0.15) is 0 Å². The number of carboxylic acid groups (broad SMARTS) is 1. The highest BCUT2D eigenvalue weighted by molar-refractivity contribution is 9.09. The minimum atomic E-state index is -1.19. The van der Waals surface area contributed by atoms with Crippen molar-refractivity contribution in [1.82, 2.24) is 0 Å². The largest absolute Gasteiger partial charge is 0.493 e. The van der Waals surface area contributed by atoms with E-state index in [4.69, 9.17) is 9.47 Å². The van der Waals surface area contributed by atoms with Crippen LogP contribution in [0.5, 0.6) is 11.5 Å². The van der Waals surface area contributed by atoms with E-state index >= 15 is 0 Å². The third kappa shape index (κ3) is 4.35. The van der Waals surface area contributed by atoms with Gasteiger partial charge in [-0.1, -0.05) is 15.9 Å². The molecule has 0 aliphatic carbocycles. The Bertz CT molecular complexity index is 831. The molecular formula is C18H20BrFO5S. The Morgan fingerprint density at radius 1 is 1.35 bits per heavy atom. The van der Waals surface area contributed by atoms with Crippen LogP contribution in [-0.4, -0.2) is 35.9 Å². The van der Waals surface area contributed by atoms with Gasteiger partial charge in [0.05, 0.1) is 24.0 Å². The lowest BCUT2D eigenvalue weighted by Gasteiger charge is -2.16. The van der Waals surface area contributed by atoms with Gasteiger partial charge in [-0.15, -0.1) is 11.3 Å². The molecule has 8 heteroatoms. The van der Waals surface area contributed by atoms with E-state index in [0.29, 0.717) is 22.6 Å². The average molecular weight is 447 g/mol. The third-order valence-electron chi connectivity index (χ3n) is 3.88. The maximum atomic E-state index is 14.9. The Kier molecular flexibility index (Phi) is 6.63. The quantitative estimate of drug-likeness (QED) is 0.337. The molecule has 0 fully saturated rings. The first-order chi connectivity index (χ1) is 12.2. The monoisotopic (exact) mass is 446 g/mol. The second-order valence-electron chi connectivity index (χ2n) is 6.42. The number of methoxy groups -OCH3 is 1. The lowest BCUT2D eigenvalue weighted by molar-refractivity contribution is -0.146. The summed E-state index contributed by atoms with van der Waals surface area (Å²) in [7, 11) is 1.42. The van der Waals surface area contributed by atoms with Crippen molar-refractivity contribution in [3.63, 3.8) is 0 Å². The van der Waals surface area contributed by atoms with E-state index in [-0.39, 0.29) is 29.1 Å². The van der Waals surface area contributed by atoms with Gasteiger partial charge >= 0.3 is 5.97 Å². The zero-order chi connectivity index (χ0) is 19.5. The number of alkyl halides is 1. The summed E-state index contributed by atoms with van der Waals surface area (Å²) < 4.78 is 26.1. The van der Waals surface area contributed by atoms with Crippen LogP contribution in [0.1, 0.15) is 36.4 Å². The predicted octanol–water partition coefficient (Wildman–Crippen LogP) is 4.90. The summed E-state index contributed by atoms with van der Waals surface area (Å²) in [5.41, 5.74) is -1.19. The van der Waals surface area contributed by atoms with Crippen molar-refractivity contribution in [1.29, 1.82) is 0 Å². The van der Waals surface area contributed by atoms with Crippen molar-refractivity contribution < 1.29 is 28.6 Å². The number of Topliss-reactive ketones (excluding diaryl/α,β-unsaturated/α-hetero) is 1. The molecule has 0 atom stereocenters. The predicted molar refractivity (Wildman–Crippen MR) is 103 cm³/mol. The number of carbonyl (C=O) groups excluding carboxylic acids is 1. The Balaban J connectivity index is 2.39. The molecule has 0 aliphatic heterocycles. The standard InChI is InChI=1S/C18H20BrFO5S/c1-18(2,17(22)23)9-11(21)14-7-10-13(26-14)8-12(24-3)16(15(10)20)25-6-4-5-19/h7-8H,4-6,9H2,1-3H3,(H,22,23). The molecule has 0 saturated heterocycles. The first-order valence-corrected chi connectivity index (χ1v) is 9.90. The fourth-order valence-electron chi connectivity index (χ4n) is 2.32. The number of ether oxygens (including phenoxy) is 2. The molecule has 2 rings (SSSR count). The molecule has 1 N–H and O–H groups in total. The van der Waals surface area contributed by atoms with Gasteiger partial charge in [-0.25, -0.2) is 4.39 Å². The second kappa shape index (κ2) is 8.35. The van der Waals surface area contributed by atoms with Gasteiger partial charge in [0.15, 0.2) is 23.1 Å². The Morgan fingerprint density at radius 2 is 2.04 bits per heavy atom. The highest BCUT2D eigenvalue weighted by atomic mass is 79.9. The van der Waals surface area contributed by atoms with Gasteiger partial charge in [-0.3, -0.25) is 9.59 Å². The van der Waals surface area contributed by atoms with E-state index in [1.165, 1.54) is 27.0 Å². The van der Waals surface area contributed by atoms with Gasteiger partial charge in [-0.2, -0.15) is 0 Å². The zero-order valence-corrected chi connectivity index (χ0v) is 17.1. The normalized spacial score (nSPS) is 11.6. The number of thiophene rings is 1. The summed E-state index contributed by atoms with van der Waals surface area (Å²) in [6.45, 7) is 3.30. The van der Waals surface area contributed by atoms with Crippen molar-refractivity contribution in [3.8, 4) is 11.5 Å². The summed E-state index contributed by atoms with van der Waals surface area (Å²) in [6.07, 6.45) is 0.542. The molecule has 1 aromatic carbocycles. The summed E-state index contributed by atoms with van der Waals surface area (Å²) in [4.78, 5) is 24.0. The molecule has 0 bridgehead atoms. The van der Waals surface area contributed by atoms with Crippen molar-refractivity contribution in [3.05, 3.63) is 22.8 Å². The molecule has 2 aromatic rings. The summed E-state index contributed by atoms with van der Waals surface area (Å²) >= 11 is 4.40. The number of carbonyl (C=O) groups is 2. The van der Waals surface area contributed by atoms with E-state index < -0.39 is 17.2 Å². The highest BCUT2D eigenvalue weighted by Gasteiger charge is 2.31. The Hall–Kier alpha value is -1.67. The van der Waals surface area contributed by atoms with Crippen LogP contribution < -0.4 is 9.47 Å². The van der Waals surface area contributed by atoms with Crippen LogP contribution in [0.25, 0.3) is 10.1 Å². The Morgan fingerprint density at radius 3 is 2.62 bits per heavy atom. The number of hydrogen-bond donors (Lipinski definition) is 1. The second-order valence-corrected chi connectivity index (χ2v) is 8.30. The summed E-state index contributed by atoms with van der Waals surface area (Å²) in [5.74, 6) is -1.69. The smallest absolute Gasteiger partial charge is 0.309 e. The van der Waals surface area contributed by atoms with Crippen molar-refractivity contribution in [2.45, 2.75) is 26.7 Å². The van der Waals surface area contributed by atoms with Crippen LogP contribution in [0.15, 0.2) is 12.1 Å². The average Bonchev–Trinajstić information content (AvgIpc) is 3.00. The molecule has 1 aromatic heterocycles. The van der Waals surface area contributed by atoms with Crippen molar-refractivity contribution in [2.24, 2.45) is 5.41 Å². The van der Waals surface area contributed by atoms with Crippen LogP contribution in [0, 0.1) is 11.2 Å². The zero-order valence-electron chi connectivity index (χ0n) is 14.7. The first-order valence-electron chi connectivity index (χ1n) is 7.96. The number of aliphatic carboxylic acids is 1. The number of rotatable bonds is 9. The molecule has 0 amide bonds. The van der Waals surface area contributed by atoms with Crippen molar-refractivity contribution in [2.75, 3.05) is 19.0 Å². The molecule has 0 unspecified atom stereocenters. The molecule has 5 nitrogen and oxygen atoms in total. The van der Waals surface area contributed by atoms with E-state index in [1.807, 2.05) is 0 Å². The fourth-order valence-corrected chi connectivity index (χ4v) is 3.57. The Labute approximate surface area is 163 Å². The van der Waals surface area contributed by atoms with Crippen LogP contribution in [0.2, 0.25) is 0 Å². The maximum Gasteiger partial charge on any atom is 0.309 e. The number of fused-ring (bicyclic) bond motifs is 1. The molecule has 142 valence electrons. The minimum Gasteiger partial charge on any atom is -0.493 e. The lowest BCUT2D eigenvalue weighted by atomic mass is 9.87. The molecule has 0 saturated carbocycles. The number of carboxylic acids is 1. The first kappa shape index (κ1) is 20.6. The number of halogens is 2. The van der Waals surface area contributed by atoms with Gasteiger partial charge in [0, 0.05) is 27.9 Å². The molecule has 0 radical (unpaired) electrons. The van der Waals surface area contributed by atoms with Crippen LogP contribution >= 0.6 is 27.3 Å². The minimum absolute atomic E-state index is 0.0172. The van der Waals surface area contributed by atoms with Gasteiger partial charge in [0.25, 0.3) is 0 Å². The van der Waals surface area contributed by atoms with Crippen LogP contribution in [0.4, 0.5) is 4.39 Å². The van der Waals surface area contributed by atoms with Gasteiger partial charge < -0.3 is 14.6 Å². The topological polar surface area (TPSA) is 72.8 Å². The van der Waals surface area contributed by atoms with Gasteiger partial charge in [-0.05, 0) is 26.3 Å². The highest BCUT2D eigenvalue weighted by Crippen LogP contribution is 2.40. The number of hydrogen-bond acceptors (Lipinski definition) is 5. The molecule has 1 heterocycles. The fraction of sp³-hybridized carbons (Fsp3) is 0.444. The van der Waals surface area contributed by atoms with Crippen LogP contribution in [-0.2, 0) is 4.79 Å². The molecule has 0 spiro atoms. The van der Waals surface area contributed by atoms with E-state index in [9.17, 15) is 19.1 Å². The van der Waals surface area contributed by atoms with E-state index in [0.717, 1.165) is 16.7 Å². The maximum absolute atomic E-state index is 14.9. The summed E-state index contributed by atoms with van der Waals surface area (Å²) in [5, 5.41) is 10.2. The van der Waals surface area contributed by atoms with E-state index in [1.54, 1.807) is 6.07 Å². The number of ketones is 1. The SMILES string of the molecule is COc1cc2sc(C(=O)CC(C)(C)C(=O)O)cc2c(F)c1OCCCBr. The lowest BCUT2D eigenvalue weighted by Crippen LogP contribution is -2.26. The number of benzene rings is 1. The van der Waals surface area contributed by atoms with Gasteiger partial charge in [0.2, 0.25) is 0 Å². The van der Waals surface area contributed by atoms with E-state index in [2.05, 4.69) is 15.9 Å². The molecule has 0 aliphatic rings. The van der Waals surface area contributed by atoms with Crippen molar-refractivity contribution >= 4 is 49.1 Å². The van der Waals surface area contributed by atoms with Crippen LogP contribution in [0.3, 0.4) is 0 Å².